The van der Waals surface area contributed by atoms with Gasteiger partial charge in [-0.1, -0.05) is 79.7 Å². The maximum atomic E-state index is 13.0. The molecule has 0 spiro atoms. The lowest BCUT2D eigenvalue weighted by atomic mass is 10.0. The fourth-order valence-corrected chi connectivity index (χ4v) is 4.60. The molecule has 0 saturated heterocycles. The molecule has 4 amide bonds. The van der Waals surface area contributed by atoms with E-state index < -0.39 is 12.1 Å². The molecule has 4 N–H and O–H groups in total. The summed E-state index contributed by atoms with van der Waals surface area (Å²) in [6.45, 7) is 16.0. The van der Waals surface area contributed by atoms with Crippen LogP contribution in [0.15, 0.2) is 48.5 Å². The Balaban J connectivity index is 2.04. The molecule has 0 heterocycles. The van der Waals surface area contributed by atoms with Gasteiger partial charge in [0, 0.05) is 24.2 Å². The van der Waals surface area contributed by atoms with Gasteiger partial charge in [0.25, 0.3) is 0 Å². The zero-order valence-electron chi connectivity index (χ0n) is 26.5. The lowest BCUT2D eigenvalue weighted by molar-refractivity contribution is -0.127. The molecule has 8 heteroatoms. The quantitative estimate of drug-likeness (QED) is 0.196. The molecule has 2 aromatic rings. The molecule has 0 aromatic heterocycles. The van der Waals surface area contributed by atoms with Crippen molar-refractivity contribution in [1.82, 2.24) is 10.6 Å². The van der Waals surface area contributed by atoms with Gasteiger partial charge in [-0.05, 0) is 71.9 Å². The van der Waals surface area contributed by atoms with Crippen LogP contribution in [-0.2, 0) is 19.2 Å². The first-order chi connectivity index (χ1) is 19.7. The minimum absolute atomic E-state index is 0.118. The smallest absolute Gasteiger partial charge is 0.246 e. The van der Waals surface area contributed by atoms with Crippen LogP contribution in [0.2, 0.25) is 0 Å². The summed E-state index contributed by atoms with van der Waals surface area (Å²) in [5, 5.41) is 11.6. The minimum atomic E-state index is -0.595. The van der Waals surface area contributed by atoms with Crippen molar-refractivity contribution in [3.63, 3.8) is 0 Å². The molecule has 0 aliphatic rings. The number of carbonyl (C=O) groups is 4. The highest BCUT2D eigenvalue weighted by molar-refractivity contribution is 5.98. The first-order valence-electron chi connectivity index (χ1n) is 15.1. The Hall–Kier alpha value is -3.68. The highest BCUT2D eigenvalue weighted by Gasteiger charge is 2.23. The monoisotopic (exact) mass is 578 g/mol. The van der Waals surface area contributed by atoms with Crippen molar-refractivity contribution in [1.29, 1.82) is 0 Å². The van der Waals surface area contributed by atoms with E-state index in [-0.39, 0.29) is 47.3 Å². The molecule has 2 atom stereocenters. The van der Waals surface area contributed by atoms with E-state index in [1.807, 2.05) is 104 Å². The van der Waals surface area contributed by atoms with Crippen molar-refractivity contribution in [3.8, 4) is 11.1 Å². The maximum Gasteiger partial charge on any atom is 0.246 e. The van der Waals surface area contributed by atoms with Gasteiger partial charge < -0.3 is 21.3 Å². The lowest BCUT2D eigenvalue weighted by Crippen LogP contribution is -2.44. The van der Waals surface area contributed by atoms with Gasteiger partial charge in [0.15, 0.2) is 0 Å². The number of amides is 4. The molecule has 230 valence electrons. The summed E-state index contributed by atoms with van der Waals surface area (Å²) in [7, 11) is 0. The van der Waals surface area contributed by atoms with Crippen LogP contribution in [0.3, 0.4) is 0 Å². The number of carbonyl (C=O) groups excluding carboxylic acids is 4. The number of anilines is 2. The SMILES string of the molecule is CC(C)CC(=O)N[C@H](CC(C)C)C(=O)Nc1ccc(-c2ccc(NC(=O)[C@@H](CC(C)C)NC(=O)CC(C)C)cc2)cc1. The molecule has 2 aromatic carbocycles. The van der Waals surface area contributed by atoms with Crippen LogP contribution in [0, 0.1) is 23.7 Å². The summed E-state index contributed by atoms with van der Waals surface area (Å²) >= 11 is 0. The second kappa shape index (κ2) is 16.7. The van der Waals surface area contributed by atoms with Gasteiger partial charge in [-0.25, -0.2) is 0 Å². The van der Waals surface area contributed by atoms with Crippen molar-refractivity contribution < 1.29 is 19.2 Å². The van der Waals surface area contributed by atoms with E-state index in [4.69, 9.17) is 0 Å². The molecule has 0 saturated carbocycles. The van der Waals surface area contributed by atoms with Crippen LogP contribution < -0.4 is 21.3 Å². The number of rotatable bonds is 15. The lowest BCUT2D eigenvalue weighted by Gasteiger charge is -2.21. The van der Waals surface area contributed by atoms with E-state index in [9.17, 15) is 19.2 Å². The standard InChI is InChI=1S/C34H50N4O4/c1-21(2)17-29(37-31(39)19-23(5)6)33(41)35-27-13-9-25(10-14-27)26-11-15-28(16-12-26)36-34(42)30(18-22(3)4)38-32(40)20-24(7)8/h9-16,21-24,29-30H,17-20H2,1-8H3,(H,35,41)(H,36,42)(H,37,39)(H,38,40)/t29-,30-/m1/s1. The third kappa shape index (κ3) is 12.5. The summed E-state index contributed by atoms with van der Waals surface area (Å²) in [6.07, 6.45) is 1.87. The molecular formula is C34H50N4O4. The summed E-state index contributed by atoms with van der Waals surface area (Å²) in [6, 6.07) is 13.8. The second-order valence-corrected chi connectivity index (χ2v) is 12.8. The number of nitrogens with one attached hydrogen (secondary N) is 4. The van der Waals surface area contributed by atoms with E-state index in [1.165, 1.54) is 0 Å². The van der Waals surface area contributed by atoms with Gasteiger partial charge in [0.1, 0.15) is 12.1 Å². The first-order valence-corrected chi connectivity index (χ1v) is 15.1. The average Bonchev–Trinajstić information content (AvgIpc) is 2.87. The van der Waals surface area contributed by atoms with Gasteiger partial charge in [-0.15, -0.1) is 0 Å². The molecule has 0 radical (unpaired) electrons. The third-order valence-corrected chi connectivity index (χ3v) is 6.54. The normalized spacial score (nSPS) is 12.8. The van der Waals surface area contributed by atoms with Gasteiger partial charge in [0.2, 0.25) is 23.6 Å². The van der Waals surface area contributed by atoms with Crippen LogP contribution in [0.4, 0.5) is 11.4 Å². The summed E-state index contributed by atoms with van der Waals surface area (Å²) < 4.78 is 0. The van der Waals surface area contributed by atoms with Gasteiger partial charge in [-0.3, -0.25) is 19.2 Å². The van der Waals surface area contributed by atoms with E-state index in [2.05, 4.69) is 21.3 Å². The maximum absolute atomic E-state index is 13.0. The van der Waals surface area contributed by atoms with Crippen LogP contribution in [-0.4, -0.2) is 35.7 Å². The third-order valence-electron chi connectivity index (χ3n) is 6.54. The van der Waals surface area contributed by atoms with Crippen LogP contribution in [0.25, 0.3) is 11.1 Å². The molecule has 42 heavy (non-hydrogen) atoms. The molecule has 0 aliphatic heterocycles. The number of hydrogen-bond donors (Lipinski definition) is 4. The molecule has 0 aliphatic carbocycles. The van der Waals surface area contributed by atoms with Gasteiger partial charge in [-0.2, -0.15) is 0 Å². The van der Waals surface area contributed by atoms with Crippen molar-refractivity contribution in [2.75, 3.05) is 10.6 Å². The molecule has 0 unspecified atom stereocenters. The predicted molar refractivity (Wildman–Crippen MR) is 171 cm³/mol. The largest absolute Gasteiger partial charge is 0.344 e. The van der Waals surface area contributed by atoms with Gasteiger partial charge >= 0.3 is 0 Å². The Morgan fingerprint density at radius 2 is 0.810 bits per heavy atom. The summed E-state index contributed by atoms with van der Waals surface area (Å²) in [5.41, 5.74) is 3.20. The van der Waals surface area contributed by atoms with E-state index >= 15 is 0 Å². The Morgan fingerprint density at radius 1 is 0.500 bits per heavy atom. The fraction of sp³-hybridized carbons (Fsp3) is 0.529. The molecule has 0 fully saturated rings. The van der Waals surface area contributed by atoms with E-state index in [0.29, 0.717) is 37.1 Å². The van der Waals surface area contributed by atoms with Crippen molar-refractivity contribution in [2.45, 2.75) is 93.2 Å². The first kappa shape index (κ1) is 34.5. The Morgan fingerprint density at radius 3 is 1.07 bits per heavy atom. The van der Waals surface area contributed by atoms with Crippen molar-refractivity contribution in [3.05, 3.63) is 48.5 Å². The van der Waals surface area contributed by atoms with E-state index in [1.54, 1.807) is 0 Å². The minimum Gasteiger partial charge on any atom is -0.344 e. The summed E-state index contributed by atoms with van der Waals surface area (Å²) in [4.78, 5) is 50.6. The highest BCUT2D eigenvalue weighted by Crippen LogP contribution is 2.24. The molecular weight excluding hydrogens is 528 g/mol. The zero-order chi connectivity index (χ0) is 31.4. The van der Waals surface area contributed by atoms with E-state index in [0.717, 1.165) is 11.1 Å². The highest BCUT2D eigenvalue weighted by atomic mass is 16.2. The zero-order valence-corrected chi connectivity index (χ0v) is 26.5. The van der Waals surface area contributed by atoms with Gasteiger partial charge in [0.05, 0.1) is 0 Å². The Bertz CT molecular complexity index is 1080. The predicted octanol–water partition coefficient (Wildman–Crippen LogP) is 6.38. The number of hydrogen-bond acceptors (Lipinski definition) is 4. The topological polar surface area (TPSA) is 116 Å². The number of benzene rings is 2. The van der Waals surface area contributed by atoms with Crippen molar-refractivity contribution >= 4 is 35.0 Å². The van der Waals surface area contributed by atoms with Crippen LogP contribution >= 0.6 is 0 Å². The van der Waals surface area contributed by atoms with Crippen molar-refractivity contribution in [2.24, 2.45) is 23.7 Å². The Kier molecular flexibility index (Phi) is 13.7. The van der Waals surface area contributed by atoms with Crippen LogP contribution in [0.5, 0.6) is 0 Å². The second-order valence-electron chi connectivity index (χ2n) is 12.8. The fourth-order valence-electron chi connectivity index (χ4n) is 4.60. The molecule has 8 nitrogen and oxygen atoms in total. The average molecular weight is 579 g/mol. The molecule has 0 bridgehead atoms. The Labute approximate surface area is 251 Å². The summed E-state index contributed by atoms with van der Waals surface area (Å²) in [5.74, 6) is 0.234. The van der Waals surface area contributed by atoms with Crippen LogP contribution in [0.1, 0.15) is 81.1 Å². The molecule has 2 rings (SSSR count).